The van der Waals surface area contributed by atoms with Gasteiger partial charge >= 0.3 is 6.18 Å². The second kappa shape index (κ2) is 4.56. The summed E-state index contributed by atoms with van der Waals surface area (Å²) in [5, 5.41) is 11.8. The molecular formula is C11H11F3N2O2. The van der Waals surface area contributed by atoms with E-state index in [0.29, 0.717) is 12.8 Å². The SMILES string of the molecule is O=C(NC1CCC1O)c1ccc(C(F)(F)F)nc1. The summed E-state index contributed by atoms with van der Waals surface area (Å²) in [5.74, 6) is -0.528. The highest BCUT2D eigenvalue weighted by Crippen LogP contribution is 2.27. The van der Waals surface area contributed by atoms with Crippen molar-refractivity contribution in [1.29, 1.82) is 0 Å². The molecular weight excluding hydrogens is 249 g/mol. The summed E-state index contributed by atoms with van der Waals surface area (Å²) in [5.41, 5.74) is -0.996. The number of carbonyl (C=O) groups excluding carboxylic acids is 1. The average molecular weight is 260 g/mol. The van der Waals surface area contributed by atoms with E-state index in [1.807, 2.05) is 0 Å². The highest BCUT2D eigenvalue weighted by Gasteiger charge is 2.33. The molecule has 4 nitrogen and oxygen atoms in total. The van der Waals surface area contributed by atoms with Crippen LogP contribution in [0.3, 0.4) is 0 Å². The van der Waals surface area contributed by atoms with Gasteiger partial charge < -0.3 is 10.4 Å². The van der Waals surface area contributed by atoms with Gasteiger partial charge in [-0.1, -0.05) is 0 Å². The number of amides is 1. The van der Waals surface area contributed by atoms with Gasteiger partial charge in [-0.05, 0) is 25.0 Å². The number of carbonyl (C=O) groups is 1. The fourth-order valence-corrected chi connectivity index (χ4v) is 1.60. The van der Waals surface area contributed by atoms with Crippen molar-refractivity contribution in [2.75, 3.05) is 0 Å². The van der Waals surface area contributed by atoms with Crippen LogP contribution in [0.4, 0.5) is 13.2 Å². The Balaban J connectivity index is 2.03. The van der Waals surface area contributed by atoms with Crippen LogP contribution in [0.25, 0.3) is 0 Å². The predicted octanol–water partition coefficient (Wildman–Crippen LogP) is 1.35. The molecule has 7 heteroatoms. The van der Waals surface area contributed by atoms with Gasteiger partial charge in [-0.3, -0.25) is 9.78 Å². The smallest absolute Gasteiger partial charge is 0.391 e. The zero-order chi connectivity index (χ0) is 13.3. The Hall–Kier alpha value is -1.63. The summed E-state index contributed by atoms with van der Waals surface area (Å²) in [6.45, 7) is 0. The van der Waals surface area contributed by atoms with Crippen molar-refractivity contribution in [2.24, 2.45) is 0 Å². The van der Waals surface area contributed by atoms with Crippen LogP contribution in [-0.4, -0.2) is 28.1 Å². The molecule has 1 heterocycles. The molecule has 0 radical (unpaired) electrons. The van der Waals surface area contributed by atoms with Crippen LogP contribution in [0.1, 0.15) is 28.9 Å². The highest BCUT2D eigenvalue weighted by molar-refractivity contribution is 5.94. The lowest BCUT2D eigenvalue weighted by atomic mass is 9.89. The quantitative estimate of drug-likeness (QED) is 0.843. The summed E-state index contributed by atoms with van der Waals surface area (Å²) >= 11 is 0. The molecule has 1 saturated carbocycles. The van der Waals surface area contributed by atoms with Gasteiger partial charge in [0.1, 0.15) is 5.69 Å². The highest BCUT2D eigenvalue weighted by atomic mass is 19.4. The van der Waals surface area contributed by atoms with E-state index in [1.54, 1.807) is 0 Å². The van der Waals surface area contributed by atoms with Crippen LogP contribution < -0.4 is 5.32 Å². The van der Waals surface area contributed by atoms with E-state index in [4.69, 9.17) is 0 Å². The Morgan fingerprint density at radius 2 is 2.11 bits per heavy atom. The largest absolute Gasteiger partial charge is 0.433 e. The normalized spacial score (nSPS) is 23.3. The minimum absolute atomic E-state index is 0.0436. The third-order valence-corrected chi connectivity index (χ3v) is 2.87. The summed E-state index contributed by atoms with van der Waals surface area (Å²) in [7, 11) is 0. The fourth-order valence-electron chi connectivity index (χ4n) is 1.60. The number of nitrogens with one attached hydrogen (secondary N) is 1. The lowest BCUT2D eigenvalue weighted by Crippen LogP contribution is -2.50. The first kappa shape index (κ1) is 12.8. The van der Waals surface area contributed by atoms with Crippen LogP contribution in [0, 0.1) is 0 Å². The first-order valence-corrected chi connectivity index (χ1v) is 5.40. The molecule has 1 aliphatic rings. The molecule has 2 unspecified atom stereocenters. The number of hydrogen-bond donors (Lipinski definition) is 2. The molecule has 2 rings (SSSR count). The zero-order valence-electron chi connectivity index (χ0n) is 9.24. The molecule has 1 amide bonds. The van der Waals surface area contributed by atoms with E-state index in [-0.39, 0.29) is 11.6 Å². The molecule has 1 aromatic heterocycles. The van der Waals surface area contributed by atoms with E-state index in [2.05, 4.69) is 10.3 Å². The Bertz CT molecular complexity index is 445. The van der Waals surface area contributed by atoms with E-state index < -0.39 is 23.9 Å². The van der Waals surface area contributed by atoms with Gasteiger partial charge in [0.15, 0.2) is 0 Å². The number of aromatic nitrogens is 1. The van der Waals surface area contributed by atoms with Crippen LogP contribution in [0.2, 0.25) is 0 Å². The Kier molecular flexibility index (Phi) is 3.25. The standard InChI is InChI=1S/C11H11F3N2O2/c12-11(13,14)9-4-1-6(5-15-9)10(18)16-7-2-3-8(7)17/h1,4-5,7-8,17H,2-3H2,(H,16,18). The topological polar surface area (TPSA) is 62.2 Å². The van der Waals surface area contributed by atoms with Crippen LogP contribution in [0.5, 0.6) is 0 Å². The Morgan fingerprint density at radius 3 is 2.50 bits per heavy atom. The first-order chi connectivity index (χ1) is 8.38. The summed E-state index contributed by atoms with van der Waals surface area (Å²) in [6, 6.07) is 1.50. The molecule has 1 aliphatic carbocycles. The summed E-state index contributed by atoms with van der Waals surface area (Å²) in [4.78, 5) is 14.8. The molecule has 1 fully saturated rings. The number of aliphatic hydroxyl groups excluding tert-OH is 1. The molecule has 98 valence electrons. The number of alkyl halides is 3. The Morgan fingerprint density at radius 1 is 1.39 bits per heavy atom. The van der Waals surface area contributed by atoms with E-state index in [0.717, 1.165) is 18.3 Å². The van der Waals surface area contributed by atoms with Crippen LogP contribution in [0.15, 0.2) is 18.3 Å². The molecule has 2 atom stereocenters. The molecule has 18 heavy (non-hydrogen) atoms. The predicted molar refractivity (Wildman–Crippen MR) is 55.7 cm³/mol. The summed E-state index contributed by atoms with van der Waals surface area (Å²) < 4.78 is 36.7. The van der Waals surface area contributed by atoms with Gasteiger partial charge in [-0.25, -0.2) is 0 Å². The van der Waals surface area contributed by atoms with Gasteiger partial charge in [0.25, 0.3) is 5.91 Å². The number of hydrogen-bond acceptors (Lipinski definition) is 3. The molecule has 1 aromatic rings. The number of pyridine rings is 1. The average Bonchev–Trinajstić information content (AvgIpc) is 2.33. The molecule has 0 saturated heterocycles. The monoisotopic (exact) mass is 260 g/mol. The minimum Gasteiger partial charge on any atom is -0.391 e. The number of halogens is 3. The lowest BCUT2D eigenvalue weighted by Gasteiger charge is -2.32. The van der Waals surface area contributed by atoms with Crippen molar-refractivity contribution in [2.45, 2.75) is 31.2 Å². The van der Waals surface area contributed by atoms with Crippen molar-refractivity contribution in [3.63, 3.8) is 0 Å². The van der Waals surface area contributed by atoms with Crippen molar-refractivity contribution in [3.05, 3.63) is 29.6 Å². The first-order valence-electron chi connectivity index (χ1n) is 5.40. The van der Waals surface area contributed by atoms with Gasteiger partial charge in [0.05, 0.1) is 17.7 Å². The molecule has 0 aromatic carbocycles. The van der Waals surface area contributed by atoms with Crippen molar-refractivity contribution < 1.29 is 23.1 Å². The maximum absolute atomic E-state index is 12.2. The Labute approximate surface area is 101 Å². The second-order valence-electron chi connectivity index (χ2n) is 4.15. The van der Waals surface area contributed by atoms with E-state index in [9.17, 15) is 23.1 Å². The van der Waals surface area contributed by atoms with Gasteiger partial charge in [0, 0.05) is 6.20 Å². The molecule has 0 bridgehead atoms. The number of aliphatic hydroxyl groups is 1. The maximum Gasteiger partial charge on any atom is 0.433 e. The van der Waals surface area contributed by atoms with Gasteiger partial charge in [-0.2, -0.15) is 13.2 Å². The van der Waals surface area contributed by atoms with Gasteiger partial charge in [-0.15, -0.1) is 0 Å². The summed E-state index contributed by atoms with van der Waals surface area (Å²) in [6.07, 6.45) is -2.92. The van der Waals surface area contributed by atoms with Crippen molar-refractivity contribution in [3.8, 4) is 0 Å². The third kappa shape index (κ3) is 2.61. The molecule has 0 aliphatic heterocycles. The van der Waals surface area contributed by atoms with E-state index >= 15 is 0 Å². The van der Waals surface area contributed by atoms with Gasteiger partial charge in [0.2, 0.25) is 0 Å². The zero-order valence-corrected chi connectivity index (χ0v) is 9.24. The minimum atomic E-state index is -4.51. The van der Waals surface area contributed by atoms with Crippen molar-refractivity contribution in [1.82, 2.24) is 10.3 Å². The third-order valence-electron chi connectivity index (χ3n) is 2.87. The number of rotatable bonds is 2. The fraction of sp³-hybridized carbons (Fsp3) is 0.455. The molecule has 2 N–H and O–H groups in total. The van der Waals surface area contributed by atoms with Crippen LogP contribution in [-0.2, 0) is 6.18 Å². The molecule has 0 spiro atoms. The van der Waals surface area contributed by atoms with Crippen molar-refractivity contribution >= 4 is 5.91 Å². The number of nitrogens with zero attached hydrogens (tertiary/aromatic N) is 1. The second-order valence-corrected chi connectivity index (χ2v) is 4.15. The maximum atomic E-state index is 12.2. The van der Waals surface area contributed by atoms with Crippen LogP contribution >= 0.6 is 0 Å². The van der Waals surface area contributed by atoms with E-state index in [1.165, 1.54) is 0 Å². The lowest BCUT2D eigenvalue weighted by molar-refractivity contribution is -0.141.